The van der Waals surface area contributed by atoms with Crippen molar-refractivity contribution in [1.29, 1.82) is 0 Å². The lowest BCUT2D eigenvalue weighted by Crippen LogP contribution is -2.59. The van der Waals surface area contributed by atoms with Crippen LogP contribution in [-0.2, 0) is 39.9 Å². The number of piperidine rings is 1. The molecule has 0 bridgehead atoms. The first-order valence-electron chi connectivity index (χ1n) is 22.6. The first-order chi connectivity index (χ1) is 30.1. The molecule has 2 aliphatic heterocycles. The minimum atomic E-state index is -0.936. The van der Waals surface area contributed by atoms with E-state index >= 15 is 0 Å². The van der Waals surface area contributed by atoms with Crippen LogP contribution in [0.1, 0.15) is 133 Å². The van der Waals surface area contributed by atoms with Gasteiger partial charge in [0.1, 0.15) is 28.9 Å². The minimum absolute atomic E-state index is 0.0210. The summed E-state index contributed by atoms with van der Waals surface area (Å²) in [5, 5.41) is 17.9. The number of benzene rings is 1. The number of amides is 6. The fourth-order valence-electron chi connectivity index (χ4n) is 8.29. The van der Waals surface area contributed by atoms with Crippen molar-refractivity contribution in [3.63, 3.8) is 0 Å². The van der Waals surface area contributed by atoms with Crippen molar-refractivity contribution in [1.82, 2.24) is 30.3 Å². The molecule has 0 aliphatic carbocycles. The molecule has 7 unspecified atom stereocenters. The van der Waals surface area contributed by atoms with E-state index in [0.717, 1.165) is 18.4 Å². The molecule has 4 rings (SSSR count). The number of carbonyl (C=O) groups excluding carboxylic acids is 6. The Morgan fingerprint density at radius 1 is 0.952 bits per heavy atom. The van der Waals surface area contributed by atoms with Crippen LogP contribution in [0.5, 0.6) is 0 Å². The van der Waals surface area contributed by atoms with Gasteiger partial charge in [-0.1, -0.05) is 77.8 Å². The van der Waals surface area contributed by atoms with Gasteiger partial charge in [0, 0.05) is 69.2 Å². The number of aliphatic carboxylic acids is 1. The first-order valence-corrected chi connectivity index (χ1v) is 23.5. The van der Waals surface area contributed by atoms with Gasteiger partial charge in [-0.05, 0) is 69.3 Å². The third-order valence-electron chi connectivity index (χ3n) is 12.3. The summed E-state index contributed by atoms with van der Waals surface area (Å²) < 4.78 is 6.23. The molecule has 0 radical (unpaired) electrons. The van der Waals surface area contributed by atoms with Crippen molar-refractivity contribution in [2.45, 2.75) is 142 Å². The van der Waals surface area contributed by atoms with Crippen LogP contribution in [0.3, 0.4) is 0 Å². The SMILES string of the molecule is CCOC(CC(C(C)C)N(C)C(=O)C(NC(=O)C1CCCCN1C(=O)CCCCCN1C(=O)C=CC1=O)C(C)CC)c1nc(C(=O)NC(Cc2ccccc2)CC(C)C(=O)O)cs1. The number of carbonyl (C=O) groups is 7. The second-order valence-corrected chi connectivity index (χ2v) is 18.2. The highest BCUT2D eigenvalue weighted by atomic mass is 32.1. The number of thiazole rings is 1. The van der Waals surface area contributed by atoms with Crippen molar-refractivity contribution in [3.05, 3.63) is 64.1 Å². The van der Waals surface area contributed by atoms with Crippen LogP contribution < -0.4 is 10.6 Å². The summed E-state index contributed by atoms with van der Waals surface area (Å²) in [6, 6.07) is 7.27. The molecule has 2 aromatic rings. The Kier molecular flexibility index (Phi) is 19.9. The van der Waals surface area contributed by atoms with Crippen molar-refractivity contribution in [2.24, 2.45) is 17.8 Å². The van der Waals surface area contributed by atoms with Gasteiger partial charge in [-0.25, -0.2) is 4.98 Å². The quantitative estimate of drug-likeness (QED) is 0.0793. The highest BCUT2D eigenvalue weighted by Crippen LogP contribution is 2.31. The summed E-state index contributed by atoms with van der Waals surface area (Å²) in [7, 11) is 1.74. The van der Waals surface area contributed by atoms with E-state index in [1.807, 2.05) is 65.0 Å². The van der Waals surface area contributed by atoms with Crippen molar-refractivity contribution < 1.29 is 43.4 Å². The number of nitrogens with one attached hydrogen (secondary N) is 2. The Morgan fingerprint density at radius 2 is 1.65 bits per heavy atom. The fraction of sp³-hybridized carbons (Fsp3) is 0.617. The topological polar surface area (TPSA) is 196 Å². The maximum Gasteiger partial charge on any atom is 0.306 e. The van der Waals surface area contributed by atoms with Crippen LogP contribution in [0.4, 0.5) is 0 Å². The summed E-state index contributed by atoms with van der Waals surface area (Å²) in [5.74, 6) is -3.61. The molecule has 16 heteroatoms. The van der Waals surface area contributed by atoms with E-state index in [9.17, 15) is 38.7 Å². The normalized spacial score (nSPS) is 18.1. The molecule has 1 aromatic carbocycles. The maximum absolute atomic E-state index is 14.5. The largest absolute Gasteiger partial charge is 0.481 e. The number of rotatable bonds is 25. The second kappa shape index (κ2) is 24.8. The van der Waals surface area contributed by atoms with E-state index in [-0.39, 0.29) is 65.9 Å². The molecule has 346 valence electrons. The van der Waals surface area contributed by atoms with E-state index in [0.29, 0.717) is 69.6 Å². The lowest BCUT2D eigenvalue weighted by Gasteiger charge is -2.39. The molecule has 63 heavy (non-hydrogen) atoms. The number of aromatic nitrogens is 1. The Morgan fingerprint density at radius 3 is 2.29 bits per heavy atom. The van der Waals surface area contributed by atoms with Crippen LogP contribution in [0, 0.1) is 17.8 Å². The standard InChI is InChI=1S/C47H68N6O9S/c1-8-31(5)42(50-44(58)36-20-15-17-24-52(36)39(54)21-14-11-16-25-53-40(55)22-23-41(53)56)46(59)51(7)37(30(3)4)28-38(62-9-2)45-49-35(29-63-45)43(57)48-34(26-32(6)47(60)61)27-33-18-12-10-13-19-33/h10,12-13,18-19,22-23,29-32,34,36-38,42H,8-9,11,14-17,20-21,24-28H2,1-7H3,(H,48,57)(H,50,58)(H,60,61). The molecule has 0 spiro atoms. The number of imide groups is 1. The third-order valence-corrected chi connectivity index (χ3v) is 13.2. The van der Waals surface area contributed by atoms with E-state index in [2.05, 4.69) is 10.6 Å². The van der Waals surface area contributed by atoms with Gasteiger partial charge in [0.15, 0.2) is 0 Å². The third kappa shape index (κ3) is 14.5. The summed E-state index contributed by atoms with van der Waals surface area (Å²) in [4.78, 5) is 100. The molecule has 1 saturated heterocycles. The molecular weight excluding hydrogens is 825 g/mol. The molecule has 15 nitrogen and oxygen atoms in total. The van der Waals surface area contributed by atoms with Gasteiger partial charge >= 0.3 is 5.97 Å². The zero-order valence-corrected chi connectivity index (χ0v) is 38.9. The lowest BCUT2D eigenvalue weighted by molar-refractivity contribution is -0.145. The number of carboxylic acid groups (broad SMARTS) is 1. The monoisotopic (exact) mass is 892 g/mol. The number of nitrogens with zero attached hydrogens (tertiary/aromatic N) is 4. The molecule has 0 saturated carbocycles. The average molecular weight is 893 g/mol. The molecule has 3 heterocycles. The zero-order valence-electron chi connectivity index (χ0n) is 38.0. The summed E-state index contributed by atoms with van der Waals surface area (Å²) in [5.41, 5.74) is 1.17. The van der Waals surface area contributed by atoms with E-state index in [4.69, 9.17) is 9.72 Å². The number of hydrogen-bond donors (Lipinski definition) is 3. The van der Waals surface area contributed by atoms with Gasteiger partial charge in [-0.3, -0.25) is 38.5 Å². The number of carboxylic acids is 1. The van der Waals surface area contributed by atoms with E-state index in [1.165, 1.54) is 28.4 Å². The minimum Gasteiger partial charge on any atom is -0.481 e. The predicted molar refractivity (Wildman–Crippen MR) is 240 cm³/mol. The Balaban J connectivity index is 1.42. The second-order valence-electron chi connectivity index (χ2n) is 17.3. The lowest BCUT2D eigenvalue weighted by atomic mass is 9.92. The first kappa shape index (κ1) is 50.7. The van der Waals surface area contributed by atoms with E-state index in [1.54, 1.807) is 29.2 Å². The van der Waals surface area contributed by atoms with Crippen LogP contribution in [-0.4, -0.2) is 117 Å². The number of unbranched alkanes of at least 4 members (excludes halogenated alkanes) is 2. The molecule has 7 atom stereocenters. The van der Waals surface area contributed by atoms with E-state index < -0.39 is 42.0 Å². The summed E-state index contributed by atoms with van der Waals surface area (Å²) in [6.07, 6.45) is 7.77. The van der Waals surface area contributed by atoms with Gasteiger partial charge in [0.05, 0.1) is 5.92 Å². The Hall–Kier alpha value is -4.96. The smallest absolute Gasteiger partial charge is 0.306 e. The molecule has 1 aromatic heterocycles. The van der Waals surface area contributed by atoms with Gasteiger partial charge in [0.25, 0.3) is 17.7 Å². The Labute approximate surface area is 376 Å². The zero-order chi connectivity index (χ0) is 46.2. The number of ether oxygens (including phenoxy) is 1. The molecule has 3 N–H and O–H groups in total. The number of hydrogen-bond acceptors (Lipinski definition) is 10. The van der Waals surface area contributed by atoms with Gasteiger partial charge in [-0.15, -0.1) is 11.3 Å². The average Bonchev–Trinajstić information content (AvgIpc) is 3.89. The Bertz CT molecular complexity index is 1890. The molecule has 1 fully saturated rings. The van der Waals surface area contributed by atoms with Gasteiger partial charge < -0.3 is 30.3 Å². The molecular formula is C47H68N6O9S. The van der Waals surface area contributed by atoms with Crippen LogP contribution in [0.2, 0.25) is 0 Å². The van der Waals surface area contributed by atoms with Crippen molar-refractivity contribution in [2.75, 3.05) is 26.7 Å². The summed E-state index contributed by atoms with van der Waals surface area (Å²) in [6.45, 7) is 12.6. The highest BCUT2D eigenvalue weighted by molar-refractivity contribution is 7.09. The van der Waals surface area contributed by atoms with Crippen molar-refractivity contribution >= 4 is 52.7 Å². The van der Waals surface area contributed by atoms with Crippen LogP contribution >= 0.6 is 11.3 Å². The molecule has 2 aliphatic rings. The summed E-state index contributed by atoms with van der Waals surface area (Å²) >= 11 is 1.29. The fourth-order valence-corrected chi connectivity index (χ4v) is 9.15. The number of likely N-dealkylation sites (tertiary alicyclic amines) is 1. The number of likely N-dealkylation sites (N-methyl/N-ethyl adjacent to an activating group) is 1. The maximum atomic E-state index is 14.5. The molecule has 6 amide bonds. The van der Waals surface area contributed by atoms with Gasteiger partial charge in [-0.2, -0.15) is 0 Å². The van der Waals surface area contributed by atoms with Crippen LogP contribution in [0.15, 0.2) is 47.9 Å². The van der Waals surface area contributed by atoms with Gasteiger partial charge in [0.2, 0.25) is 17.7 Å². The van der Waals surface area contributed by atoms with Crippen LogP contribution in [0.25, 0.3) is 0 Å². The highest BCUT2D eigenvalue weighted by Gasteiger charge is 2.38. The predicted octanol–water partition coefficient (Wildman–Crippen LogP) is 5.94. The van der Waals surface area contributed by atoms with Crippen molar-refractivity contribution in [3.8, 4) is 0 Å².